The van der Waals surface area contributed by atoms with E-state index < -0.39 is 76.3 Å². The molecule has 0 aromatic carbocycles. The summed E-state index contributed by atoms with van der Waals surface area (Å²) in [5, 5.41) is 8.30. The fraction of sp³-hybridized carbons (Fsp3) is 0.767. The van der Waals surface area contributed by atoms with E-state index in [1.807, 2.05) is 27.7 Å². The van der Waals surface area contributed by atoms with Gasteiger partial charge in [0.15, 0.2) is 0 Å². The number of urea groups is 1. The molecule has 1 saturated carbocycles. The SMILES string of the molecule is C[C@H]1CCN(C(=O)[C@@H](NC(=O)N[C@H](CN2C(=O)COCC2=O)C(C)(C)C)C(C)(C)C)[C@@H]1C(=O)NC(CC1CC1)C(=O)C(N)=O. The summed E-state index contributed by atoms with van der Waals surface area (Å²) in [6, 6.07) is -4.35. The standard InChI is InChI=1S/C30H48N6O8/c1-16-10-11-35(22(16)26(41)32-18(12-17-8-9-17)23(39)25(31)40)27(42)24(30(5,6)7)34-28(43)33-19(29(2,3)4)13-36-20(37)14-44-15-21(36)38/h16-19,22,24H,8-15H2,1-7H3,(H2,31,40)(H,32,41)(H2,33,34,43)/t16-,18?,19+,22-,24+/m0/s1. The molecule has 0 spiro atoms. The molecule has 3 rings (SSSR count). The zero-order chi connectivity index (χ0) is 33.1. The molecule has 1 aliphatic carbocycles. The Balaban J connectivity index is 1.76. The van der Waals surface area contributed by atoms with Crippen LogP contribution >= 0.6 is 0 Å². The maximum absolute atomic E-state index is 14.0. The van der Waals surface area contributed by atoms with Gasteiger partial charge in [-0.3, -0.25) is 33.7 Å². The number of carbonyl (C=O) groups is 7. The lowest BCUT2D eigenvalue weighted by Crippen LogP contribution is -2.62. The third-order valence-corrected chi connectivity index (χ3v) is 8.55. The second kappa shape index (κ2) is 13.6. The summed E-state index contributed by atoms with van der Waals surface area (Å²) in [6.07, 6.45) is 2.64. The van der Waals surface area contributed by atoms with Gasteiger partial charge in [0.25, 0.3) is 17.7 Å². The number of primary amides is 1. The Hall–Kier alpha value is -3.55. The van der Waals surface area contributed by atoms with E-state index in [9.17, 15) is 33.6 Å². The van der Waals surface area contributed by atoms with Crippen LogP contribution in [-0.4, -0.2) is 102 Å². The Labute approximate surface area is 258 Å². The van der Waals surface area contributed by atoms with Gasteiger partial charge < -0.3 is 31.3 Å². The summed E-state index contributed by atoms with van der Waals surface area (Å²) in [5.41, 5.74) is 3.90. The van der Waals surface area contributed by atoms with Crippen LogP contribution in [0.2, 0.25) is 0 Å². The van der Waals surface area contributed by atoms with E-state index in [1.54, 1.807) is 20.8 Å². The molecule has 44 heavy (non-hydrogen) atoms. The highest BCUT2D eigenvalue weighted by Crippen LogP contribution is 2.34. The van der Waals surface area contributed by atoms with E-state index >= 15 is 0 Å². The van der Waals surface area contributed by atoms with E-state index in [0.717, 1.165) is 17.7 Å². The van der Waals surface area contributed by atoms with Gasteiger partial charge in [0.1, 0.15) is 25.3 Å². The van der Waals surface area contributed by atoms with Gasteiger partial charge in [0, 0.05) is 13.1 Å². The molecule has 7 amide bonds. The van der Waals surface area contributed by atoms with Crippen molar-refractivity contribution < 1.29 is 38.3 Å². The van der Waals surface area contributed by atoms with E-state index in [0.29, 0.717) is 12.8 Å². The molecule has 3 aliphatic rings. The first kappa shape index (κ1) is 34.9. The largest absolute Gasteiger partial charge is 0.363 e. The van der Waals surface area contributed by atoms with Crippen molar-refractivity contribution in [2.75, 3.05) is 26.3 Å². The van der Waals surface area contributed by atoms with E-state index in [4.69, 9.17) is 10.5 Å². The van der Waals surface area contributed by atoms with Gasteiger partial charge in [0.05, 0.1) is 12.1 Å². The fourth-order valence-electron chi connectivity index (χ4n) is 5.53. The lowest BCUT2D eigenvalue weighted by Gasteiger charge is -2.38. The monoisotopic (exact) mass is 620 g/mol. The number of nitrogens with one attached hydrogen (secondary N) is 3. The lowest BCUT2D eigenvalue weighted by molar-refractivity contribution is -0.159. The highest BCUT2D eigenvalue weighted by atomic mass is 16.5. The summed E-state index contributed by atoms with van der Waals surface area (Å²) >= 11 is 0. The zero-order valence-electron chi connectivity index (χ0n) is 26.9. The van der Waals surface area contributed by atoms with Crippen molar-refractivity contribution in [2.45, 2.75) is 98.3 Å². The molecule has 3 fully saturated rings. The lowest BCUT2D eigenvalue weighted by atomic mass is 9.85. The van der Waals surface area contributed by atoms with Crippen molar-refractivity contribution >= 4 is 41.4 Å². The first-order valence-corrected chi connectivity index (χ1v) is 15.2. The van der Waals surface area contributed by atoms with Gasteiger partial charge in [0.2, 0.25) is 17.6 Å². The molecule has 2 aliphatic heterocycles. The van der Waals surface area contributed by atoms with Crippen molar-refractivity contribution in [1.29, 1.82) is 0 Å². The van der Waals surface area contributed by atoms with Gasteiger partial charge in [-0.1, -0.05) is 61.3 Å². The van der Waals surface area contributed by atoms with Crippen LogP contribution in [0.5, 0.6) is 0 Å². The third kappa shape index (κ3) is 8.76. The first-order valence-electron chi connectivity index (χ1n) is 15.2. The summed E-state index contributed by atoms with van der Waals surface area (Å²) in [7, 11) is 0. The number of ketones is 1. The number of ether oxygens (including phenoxy) is 1. The van der Waals surface area contributed by atoms with Crippen molar-refractivity contribution in [3.63, 3.8) is 0 Å². The number of likely N-dealkylation sites (tertiary alicyclic amines) is 1. The normalized spacial score (nSPS) is 23.1. The van der Waals surface area contributed by atoms with Crippen LogP contribution in [0.4, 0.5) is 4.79 Å². The number of hydrogen-bond acceptors (Lipinski definition) is 8. The molecular formula is C30H48N6O8. The molecule has 2 saturated heterocycles. The average molecular weight is 621 g/mol. The number of Topliss-reactive ketones (excluding diaryl/α,β-unsaturated/α-hetero) is 1. The molecule has 0 aromatic rings. The fourth-order valence-corrected chi connectivity index (χ4v) is 5.53. The minimum absolute atomic E-state index is 0.0655. The summed E-state index contributed by atoms with van der Waals surface area (Å²) < 4.78 is 4.99. The molecule has 0 aromatic heterocycles. The van der Waals surface area contributed by atoms with Crippen LogP contribution in [0.15, 0.2) is 0 Å². The Bertz CT molecular complexity index is 1160. The predicted molar refractivity (Wildman–Crippen MR) is 158 cm³/mol. The number of carbonyl (C=O) groups excluding carboxylic acids is 7. The van der Waals surface area contributed by atoms with Gasteiger partial charge >= 0.3 is 6.03 Å². The maximum atomic E-state index is 14.0. The molecule has 5 N–H and O–H groups in total. The van der Waals surface area contributed by atoms with E-state index in [1.165, 1.54) is 4.90 Å². The number of nitrogens with two attached hydrogens (primary N) is 1. The average Bonchev–Trinajstić information content (AvgIpc) is 3.64. The topological polar surface area (TPSA) is 197 Å². The van der Waals surface area contributed by atoms with Gasteiger partial charge in [-0.25, -0.2) is 4.79 Å². The van der Waals surface area contributed by atoms with Gasteiger partial charge in [-0.2, -0.15) is 0 Å². The highest BCUT2D eigenvalue weighted by Gasteiger charge is 2.46. The first-order chi connectivity index (χ1) is 20.3. The van der Waals surface area contributed by atoms with Crippen molar-refractivity contribution in [2.24, 2.45) is 28.4 Å². The molecule has 1 unspecified atom stereocenters. The molecule has 2 heterocycles. The van der Waals surface area contributed by atoms with Crippen LogP contribution < -0.4 is 21.7 Å². The van der Waals surface area contributed by atoms with Gasteiger partial charge in [-0.05, 0) is 35.5 Å². The predicted octanol–water partition coefficient (Wildman–Crippen LogP) is 0.0767. The molecule has 14 nitrogen and oxygen atoms in total. The number of rotatable bonds is 11. The molecule has 0 bridgehead atoms. The molecular weight excluding hydrogens is 572 g/mol. The third-order valence-electron chi connectivity index (χ3n) is 8.55. The second-order valence-electron chi connectivity index (χ2n) is 14.4. The Morgan fingerprint density at radius 2 is 1.50 bits per heavy atom. The minimum Gasteiger partial charge on any atom is -0.363 e. The Morgan fingerprint density at radius 3 is 2.00 bits per heavy atom. The van der Waals surface area contributed by atoms with Crippen LogP contribution in [0, 0.1) is 22.7 Å². The van der Waals surface area contributed by atoms with Gasteiger partial charge in [-0.15, -0.1) is 0 Å². The summed E-state index contributed by atoms with van der Waals surface area (Å²) in [4.78, 5) is 92.2. The molecule has 0 radical (unpaired) electrons. The van der Waals surface area contributed by atoms with Crippen LogP contribution in [0.1, 0.15) is 74.1 Å². The number of amides is 7. The van der Waals surface area contributed by atoms with E-state index in [2.05, 4.69) is 16.0 Å². The van der Waals surface area contributed by atoms with E-state index in [-0.39, 0.29) is 38.1 Å². The molecule has 14 heteroatoms. The number of morpholine rings is 1. The van der Waals surface area contributed by atoms with Crippen LogP contribution in [0.3, 0.4) is 0 Å². The number of nitrogens with zero attached hydrogens (tertiary/aromatic N) is 2. The highest BCUT2D eigenvalue weighted by molar-refractivity contribution is 6.37. The second-order valence-corrected chi connectivity index (χ2v) is 14.4. The summed E-state index contributed by atoms with van der Waals surface area (Å²) in [6.45, 7) is 12.5. The maximum Gasteiger partial charge on any atom is 0.315 e. The zero-order valence-corrected chi connectivity index (χ0v) is 26.9. The summed E-state index contributed by atoms with van der Waals surface area (Å²) in [5.74, 6) is -4.01. The Kier molecular flexibility index (Phi) is 10.8. The number of hydrogen-bond donors (Lipinski definition) is 4. The smallest absolute Gasteiger partial charge is 0.315 e. The molecule has 246 valence electrons. The molecule has 5 atom stereocenters. The number of imide groups is 1. The minimum atomic E-state index is -1.12. The van der Waals surface area contributed by atoms with Crippen LogP contribution in [-0.2, 0) is 33.5 Å². The quantitative estimate of drug-likeness (QED) is 0.184. The van der Waals surface area contributed by atoms with Crippen molar-refractivity contribution in [1.82, 2.24) is 25.8 Å². The van der Waals surface area contributed by atoms with Crippen LogP contribution in [0.25, 0.3) is 0 Å². The van der Waals surface area contributed by atoms with Crippen molar-refractivity contribution in [3.8, 4) is 0 Å². The van der Waals surface area contributed by atoms with Crippen molar-refractivity contribution in [3.05, 3.63) is 0 Å². The Morgan fingerprint density at radius 1 is 0.909 bits per heavy atom.